The largest absolute Gasteiger partial charge is 0.460 e. The number of esters is 1. The lowest BCUT2D eigenvalue weighted by Crippen LogP contribution is -2.36. The van der Waals surface area contributed by atoms with E-state index in [1.54, 1.807) is 14.0 Å². The van der Waals surface area contributed by atoms with Gasteiger partial charge in [0, 0.05) is 19.2 Å². The molecule has 0 aromatic heterocycles. The molecule has 0 N–H and O–H groups in total. The van der Waals surface area contributed by atoms with Crippen molar-refractivity contribution in [3.05, 3.63) is 12.2 Å². The summed E-state index contributed by atoms with van der Waals surface area (Å²) in [5, 5.41) is 0. The summed E-state index contributed by atoms with van der Waals surface area (Å²) in [6.07, 6.45) is -0.369. The predicted molar refractivity (Wildman–Crippen MR) is 194 cm³/mol. The fourth-order valence-electron chi connectivity index (χ4n) is 3.47. The summed E-state index contributed by atoms with van der Waals surface area (Å²) >= 11 is 0. The van der Waals surface area contributed by atoms with Crippen molar-refractivity contribution in [2.45, 2.75) is 33.3 Å². The first-order chi connectivity index (χ1) is 25.6. The number of rotatable bonds is 40. The van der Waals surface area contributed by atoms with E-state index in [9.17, 15) is 9.59 Å². The lowest BCUT2D eigenvalue weighted by Gasteiger charge is -2.24. The highest BCUT2D eigenvalue weighted by molar-refractivity contribution is 5.86. The lowest BCUT2D eigenvalue weighted by molar-refractivity contribution is -0.140. The number of carbonyl (C=O) groups excluding carboxylic acids is 2. The number of amides is 1. The molecule has 17 heteroatoms. The first-order valence-electron chi connectivity index (χ1n) is 18.3. The molecule has 0 saturated carbocycles. The van der Waals surface area contributed by atoms with Crippen LogP contribution in [0.2, 0.25) is 0 Å². The molecule has 53 heavy (non-hydrogen) atoms. The summed E-state index contributed by atoms with van der Waals surface area (Å²) in [5.74, 6) is -0.417. The first-order valence-corrected chi connectivity index (χ1v) is 18.3. The number of carbonyl (C=O) groups is 2. The summed E-state index contributed by atoms with van der Waals surface area (Å²) in [4.78, 5) is 24.6. The van der Waals surface area contributed by atoms with E-state index in [2.05, 4.69) is 6.58 Å². The highest BCUT2D eigenvalue weighted by Crippen LogP contribution is 2.08. The molecule has 0 atom stereocenters. The third kappa shape index (κ3) is 41.0. The van der Waals surface area contributed by atoms with Crippen LogP contribution < -0.4 is 0 Å². The number of likely N-dealkylation sites (N-methyl/N-ethyl adjacent to an activating group) is 1. The van der Waals surface area contributed by atoms with Crippen molar-refractivity contribution in [3.8, 4) is 0 Å². The van der Waals surface area contributed by atoms with Crippen LogP contribution in [0, 0.1) is 0 Å². The molecule has 0 unspecified atom stereocenters. The van der Waals surface area contributed by atoms with Crippen LogP contribution in [0.4, 0.5) is 4.79 Å². The second-order valence-corrected chi connectivity index (χ2v) is 12.2. The lowest BCUT2D eigenvalue weighted by atomic mass is 10.2. The van der Waals surface area contributed by atoms with Gasteiger partial charge in [-0.1, -0.05) is 6.58 Å². The molecule has 1 amide bonds. The number of ether oxygens (including phenoxy) is 14. The molecule has 0 aromatic carbocycles. The predicted octanol–water partition coefficient (Wildman–Crippen LogP) is 2.17. The summed E-state index contributed by atoms with van der Waals surface area (Å²) in [6.45, 7) is 22.3. The topological polar surface area (TPSA) is 167 Å². The van der Waals surface area contributed by atoms with Gasteiger partial charge in [-0.2, -0.15) is 0 Å². The minimum Gasteiger partial charge on any atom is -0.460 e. The molecule has 0 fully saturated rings. The molecule has 0 heterocycles. The summed E-state index contributed by atoms with van der Waals surface area (Å²) in [5.41, 5.74) is -0.149. The van der Waals surface area contributed by atoms with Crippen LogP contribution in [0.15, 0.2) is 12.2 Å². The maximum Gasteiger partial charge on any atom is 0.410 e. The van der Waals surface area contributed by atoms with Crippen LogP contribution in [-0.4, -0.2) is 201 Å². The van der Waals surface area contributed by atoms with Crippen LogP contribution in [0.25, 0.3) is 0 Å². The van der Waals surface area contributed by atoms with Gasteiger partial charge in [-0.3, -0.25) is 0 Å². The molecule has 0 aliphatic rings. The molecule has 0 rings (SSSR count). The van der Waals surface area contributed by atoms with Gasteiger partial charge < -0.3 is 71.2 Å². The van der Waals surface area contributed by atoms with Crippen molar-refractivity contribution >= 4 is 12.1 Å². The van der Waals surface area contributed by atoms with Crippen LogP contribution in [-0.2, 0) is 71.1 Å². The zero-order valence-corrected chi connectivity index (χ0v) is 33.1. The fourth-order valence-corrected chi connectivity index (χ4v) is 3.47. The fraction of sp³-hybridized carbons (Fsp3) is 0.889. The molecule has 0 aliphatic carbocycles. The Hall–Kier alpha value is -2.00. The van der Waals surface area contributed by atoms with Gasteiger partial charge in [0.25, 0.3) is 0 Å². The van der Waals surface area contributed by atoms with Gasteiger partial charge in [0.15, 0.2) is 0 Å². The Kier molecular flexibility index (Phi) is 36.8. The zero-order valence-electron chi connectivity index (χ0n) is 33.1. The summed E-state index contributed by atoms with van der Waals surface area (Å²) < 4.78 is 75.6. The van der Waals surface area contributed by atoms with Crippen LogP contribution in [0.1, 0.15) is 27.7 Å². The van der Waals surface area contributed by atoms with Gasteiger partial charge in [-0.25, -0.2) is 9.59 Å². The molecule has 0 aliphatic heterocycles. The van der Waals surface area contributed by atoms with Crippen LogP contribution in [0.5, 0.6) is 0 Å². The second kappa shape index (κ2) is 38.3. The van der Waals surface area contributed by atoms with E-state index in [-0.39, 0.29) is 12.7 Å². The highest BCUT2D eigenvalue weighted by atomic mass is 16.6. The average Bonchev–Trinajstić information content (AvgIpc) is 3.11. The Morgan fingerprint density at radius 3 is 0.887 bits per heavy atom. The molecule has 0 saturated heterocycles. The van der Waals surface area contributed by atoms with Gasteiger partial charge in [0.1, 0.15) is 12.2 Å². The van der Waals surface area contributed by atoms with E-state index in [1.165, 1.54) is 4.90 Å². The van der Waals surface area contributed by atoms with E-state index in [0.717, 1.165) is 0 Å². The van der Waals surface area contributed by atoms with Crippen LogP contribution >= 0.6 is 0 Å². The van der Waals surface area contributed by atoms with Crippen molar-refractivity contribution in [1.82, 2.24) is 4.90 Å². The summed E-state index contributed by atoms with van der Waals surface area (Å²) in [7, 11) is 1.68. The van der Waals surface area contributed by atoms with Crippen molar-refractivity contribution in [2.75, 3.05) is 179 Å². The summed E-state index contributed by atoms with van der Waals surface area (Å²) in [6, 6.07) is 0. The maximum absolute atomic E-state index is 11.9. The highest BCUT2D eigenvalue weighted by Gasteiger charge is 2.19. The average molecular weight is 772 g/mol. The zero-order chi connectivity index (χ0) is 39.1. The van der Waals surface area contributed by atoms with E-state index in [0.29, 0.717) is 171 Å². The Bertz CT molecular complexity index is 845. The Balaban J connectivity index is 3.15. The van der Waals surface area contributed by atoms with E-state index >= 15 is 0 Å². The molecule has 0 aromatic rings. The molecule has 314 valence electrons. The minimum atomic E-state index is -0.515. The van der Waals surface area contributed by atoms with Gasteiger partial charge in [0.2, 0.25) is 0 Å². The van der Waals surface area contributed by atoms with Gasteiger partial charge in [0.05, 0.1) is 159 Å². The minimum absolute atomic E-state index is 0.194. The van der Waals surface area contributed by atoms with Crippen molar-refractivity contribution in [1.29, 1.82) is 0 Å². The van der Waals surface area contributed by atoms with E-state index < -0.39 is 11.6 Å². The normalized spacial score (nSPS) is 11.6. The number of hydrogen-bond acceptors (Lipinski definition) is 16. The smallest absolute Gasteiger partial charge is 0.410 e. The quantitative estimate of drug-likeness (QED) is 0.0505. The van der Waals surface area contributed by atoms with Crippen molar-refractivity contribution in [3.63, 3.8) is 0 Å². The Labute approximate surface area is 316 Å². The Morgan fingerprint density at radius 2 is 0.660 bits per heavy atom. The maximum atomic E-state index is 11.9. The molecule has 0 radical (unpaired) electrons. The number of nitrogens with zero attached hydrogens (tertiary/aromatic N) is 1. The van der Waals surface area contributed by atoms with Crippen molar-refractivity contribution in [2.24, 2.45) is 0 Å². The monoisotopic (exact) mass is 771 g/mol. The van der Waals surface area contributed by atoms with E-state index in [1.807, 2.05) is 20.8 Å². The van der Waals surface area contributed by atoms with Crippen molar-refractivity contribution < 1.29 is 75.9 Å². The van der Waals surface area contributed by atoms with Gasteiger partial charge in [-0.15, -0.1) is 0 Å². The SMILES string of the molecule is C=C(C)C(=O)OCCOCCOCCOCCOCCOCCOCCOCCOCCOCCOCCOCCOCCN(C)C(=O)OC(C)(C)C. The molecular formula is C36H69NO16. The third-order valence-electron chi connectivity index (χ3n) is 6.18. The standard InChI is InChI=1S/C36H69NO16/c1-33(2)34(38)52-32-31-51-30-29-50-28-27-49-26-25-48-24-23-47-22-21-46-20-19-45-18-17-44-16-15-43-14-13-42-12-11-41-10-9-40-8-7-37(6)35(39)53-36(3,4)5/h1,7-32H2,2-6H3. The first kappa shape index (κ1) is 51.0. The van der Waals surface area contributed by atoms with Crippen LogP contribution in [0.3, 0.4) is 0 Å². The van der Waals surface area contributed by atoms with E-state index in [4.69, 9.17) is 66.3 Å². The molecule has 0 spiro atoms. The molecule has 0 bridgehead atoms. The number of hydrogen-bond donors (Lipinski definition) is 0. The Morgan fingerprint density at radius 1 is 0.434 bits per heavy atom. The molecule has 17 nitrogen and oxygen atoms in total. The molecular weight excluding hydrogens is 702 g/mol. The second-order valence-electron chi connectivity index (χ2n) is 12.2. The third-order valence-corrected chi connectivity index (χ3v) is 6.18. The van der Waals surface area contributed by atoms with Gasteiger partial charge in [-0.05, 0) is 27.7 Å². The van der Waals surface area contributed by atoms with Gasteiger partial charge >= 0.3 is 12.1 Å².